The molecule has 0 saturated carbocycles. The maximum Gasteiger partial charge on any atom is 0.194 e. The van der Waals surface area contributed by atoms with E-state index in [0.717, 1.165) is 4.47 Å². The van der Waals surface area contributed by atoms with Gasteiger partial charge in [-0.25, -0.2) is 4.39 Å². The van der Waals surface area contributed by atoms with E-state index in [1.54, 1.807) is 18.2 Å². The first-order valence-corrected chi connectivity index (χ1v) is 5.52. The second-order valence-corrected chi connectivity index (χ2v) is 4.17. The Morgan fingerprint density at radius 1 is 1.00 bits per heavy atom. The van der Waals surface area contributed by atoms with Crippen LogP contribution in [0.3, 0.4) is 0 Å². The second kappa shape index (κ2) is 4.58. The molecule has 0 saturated heterocycles. The van der Waals surface area contributed by atoms with E-state index in [1.165, 1.54) is 24.3 Å². The summed E-state index contributed by atoms with van der Waals surface area (Å²) in [5.41, 5.74) is 1.06. The summed E-state index contributed by atoms with van der Waals surface area (Å²) in [4.78, 5) is 12.0. The van der Waals surface area contributed by atoms with Crippen molar-refractivity contribution in [2.24, 2.45) is 0 Å². The van der Waals surface area contributed by atoms with Gasteiger partial charge in [-0.2, -0.15) is 0 Å². The quantitative estimate of drug-likeness (QED) is 0.764. The molecule has 0 aromatic heterocycles. The molecule has 2 rings (SSSR count). The van der Waals surface area contributed by atoms with Crippen LogP contribution >= 0.6 is 15.9 Å². The third-order valence-electron chi connectivity index (χ3n) is 2.22. The van der Waals surface area contributed by atoms with Crippen LogP contribution in [-0.2, 0) is 0 Å². The zero-order valence-corrected chi connectivity index (χ0v) is 9.87. The average Bonchev–Trinajstić information content (AvgIpc) is 2.30. The number of benzene rings is 2. The van der Waals surface area contributed by atoms with Gasteiger partial charge in [0.1, 0.15) is 5.82 Å². The van der Waals surface area contributed by atoms with E-state index >= 15 is 0 Å². The first-order valence-electron chi connectivity index (χ1n) is 4.73. The predicted octanol–water partition coefficient (Wildman–Crippen LogP) is 3.82. The van der Waals surface area contributed by atoms with Crippen LogP contribution in [0, 0.1) is 5.82 Å². The SMILES string of the molecule is O=C(c1ccc(F)cc1)c1ccccc1Br. The number of carbonyl (C=O) groups excluding carboxylic acids is 1. The minimum Gasteiger partial charge on any atom is -0.289 e. The van der Waals surface area contributed by atoms with Gasteiger partial charge in [0.2, 0.25) is 0 Å². The zero-order chi connectivity index (χ0) is 11.5. The molecule has 0 fully saturated rings. The minimum absolute atomic E-state index is 0.118. The molecule has 3 heteroatoms. The molecule has 0 amide bonds. The molecular formula is C13H8BrFO. The Labute approximate surface area is 101 Å². The fourth-order valence-electron chi connectivity index (χ4n) is 1.40. The molecular weight excluding hydrogens is 271 g/mol. The van der Waals surface area contributed by atoms with Gasteiger partial charge < -0.3 is 0 Å². The Balaban J connectivity index is 2.40. The molecule has 16 heavy (non-hydrogen) atoms. The van der Waals surface area contributed by atoms with Crippen LogP contribution in [-0.4, -0.2) is 5.78 Å². The van der Waals surface area contributed by atoms with Crippen molar-refractivity contribution >= 4 is 21.7 Å². The van der Waals surface area contributed by atoms with Crippen LogP contribution in [0.1, 0.15) is 15.9 Å². The molecule has 0 N–H and O–H groups in total. The summed E-state index contributed by atoms with van der Waals surface area (Å²) in [6.07, 6.45) is 0. The van der Waals surface area contributed by atoms with Gasteiger partial charge in [-0.1, -0.05) is 28.1 Å². The molecule has 2 aromatic rings. The minimum atomic E-state index is -0.344. The lowest BCUT2D eigenvalue weighted by Gasteiger charge is -2.03. The van der Waals surface area contributed by atoms with Crippen molar-refractivity contribution in [2.75, 3.05) is 0 Å². The Morgan fingerprint density at radius 2 is 1.62 bits per heavy atom. The van der Waals surface area contributed by atoms with Crippen molar-refractivity contribution < 1.29 is 9.18 Å². The Hall–Kier alpha value is -1.48. The normalized spacial score (nSPS) is 10.1. The maximum atomic E-state index is 12.7. The smallest absolute Gasteiger partial charge is 0.194 e. The predicted molar refractivity (Wildman–Crippen MR) is 64.0 cm³/mol. The molecule has 80 valence electrons. The Morgan fingerprint density at radius 3 is 2.25 bits per heavy atom. The summed E-state index contributed by atoms with van der Waals surface area (Å²) in [6, 6.07) is 12.7. The number of rotatable bonds is 2. The van der Waals surface area contributed by atoms with Crippen LogP contribution in [0.15, 0.2) is 53.0 Å². The highest BCUT2D eigenvalue weighted by Gasteiger charge is 2.11. The number of ketones is 1. The molecule has 0 spiro atoms. The van der Waals surface area contributed by atoms with Gasteiger partial charge >= 0.3 is 0 Å². The summed E-state index contributed by atoms with van der Waals surface area (Å²) in [5, 5.41) is 0. The highest BCUT2D eigenvalue weighted by atomic mass is 79.9. The van der Waals surface area contributed by atoms with Gasteiger partial charge in [0.25, 0.3) is 0 Å². The van der Waals surface area contributed by atoms with Gasteiger partial charge in [0, 0.05) is 15.6 Å². The standard InChI is InChI=1S/C13H8BrFO/c14-12-4-2-1-3-11(12)13(16)9-5-7-10(15)8-6-9/h1-8H. The maximum absolute atomic E-state index is 12.7. The molecule has 0 aliphatic carbocycles. The molecule has 0 aliphatic rings. The first-order chi connectivity index (χ1) is 7.68. The van der Waals surface area contributed by atoms with Gasteiger partial charge in [-0.15, -0.1) is 0 Å². The van der Waals surface area contributed by atoms with E-state index < -0.39 is 0 Å². The summed E-state index contributed by atoms with van der Waals surface area (Å²) < 4.78 is 13.5. The van der Waals surface area contributed by atoms with Crippen molar-refractivity contribution in [3.63, 3.8) is 0 Å². The lowest BCUT2D eigenvalue weighted by Crippen LogP contribution is -2.01. The van der Waals surface area contributed by atoms with Gasteiger partial charge in [0.05, 0.1) is 0 Å². The molecule has 0 heterocycles. The van der Waals surface area contributed by atoms with E-state index in [9.17, 15) is 9.18 Å². The highest BCUT2D eigenvalue weighted by Crippen LogP contribution is 2.19. The highest BCUT2D eigenvalue weighted by molar-refractivity contribution is 9.10. The molecule has 0 unspecified atom stereocenters. The van der Waals surface area contributed by atoms with Gasteiger partial charge in [-0.3, -0.25) is 4.79 Å². The summed E-state index contributed by atoms with van der Waals surface area (Å²) >= 11 is 3.31. The number of carbonyl (C=O) groups is 1. The third kappa shape index (κ3) is 2.19. The van der Waals surface area contributed by atoms with Crippen molar-refractivity contribution in [2.45, 2.75) is 0 Å². The Bertz CT molecular complexity index is 520. The van der Waals surface area contributed by atoms with Crippen molar-refractivity contribution in [3.8, 4) is 0 Å². The van der Waals surface area contributed by atoms with Crippen LogP contribution in [0.25, 0.3) is 0 Å². The monoisotopic (exact) mass is 278 g/mol. The van der Waals surface area contributed by atoms with E-state index in [0.29, 0.717) is 11.1 Å². The lowest BCUT2D eigenvalue weighted by atomic mass is 10.0. The number of halogens is 2. The lowest BCUT2D eigenvalue weighted by molar-refractivity contribution is 0.103. The zero-order valence-electron chi connectivity index (χ0n) is 8.28. The van der Waals surface area contributed by atoms with E-state index in [2.05, 4.69) is 15.9 Å². The third-order valence-corrected chi connectivity index (χ3v) is 2.92. The van der Waals surface area contributed by atoms with Crippen molar-refractivity contribution in [3.05, 3.63) is 69.9 Å². The fraction of sp³-hybridized carbons (Fsp3) is 0. The molecule has 1 nitrogen and oxygen atoms in total. The van der Waals surface area contributed by atoms with Crippen LogP contribution in [0.4, 0.5) is 4.39 Å². The molecule has 2 aromatic carbocycles. The van der Waals surface area contributed by atoms with Crippen LogP contribution in [0.2, 0.25) is 0 Å². The van der Waals surface area contributed by atoms with Crippen molar-refractivity contribution in [1.82, 2.24) is 0 Å². The molecule has 0 radical (unpaired) electrons. The summed E-state index contributed by atoms with van der Waals surface area (Å²) in [5.74, 6) is -0.462. The van der Waals surface area contributed by atoms with E-state index in [1.807, 2.05) is 6.07 Å². The van der Waals surface area contributed by atoms with Crippen LogP contribution < -0.4 is 0 Å². The summed E-state index contributed by atoms with van der Waals surface area (Å²) in [7, 11) is 0. The Kier molecular flexibility index (Phi) is 3.15. The van der Waals surface area contributed by atoms with E-state index in [-0.39, 0.29) is 11.6 Å². The second-order valence-electron chi connectivity index (χ2n) is 3.32. The largest absolute Gasteiger partial charge is 0.289 e. The summed E-state index contributed by atoms with van der Waals surface area (Å²) in [6.45, 7) is 0. The number of hydrogen-bond donors (Lipinski definition) is 0. The number of hydrogen-bond acceptors (Lipinski definition) is 1. The topological polar surface area (TPSA) is 17.1 Å². The molecule has 0 aliphatic heterocycles. The molecule has 0 bridgehead atoms. The first kappa shape index (κ1) is 11.0. The van der Waals surface area contributed by atoms with Gasteiger partial charge in [0.15, 0.2) is 5.78 Å². The van der Waals surface area contributed by atoms with Gasteiger partial charge in [-0.05, 0) is 36.4 Å². The van der Waals surface area contributed by atoms with E-state index in [4.69, 9.17) is 0 Å². The average molecular weight is 279 g/mol. The molecule has 0 atom stereocenters. The van der Waals surface area contributed by atoms with Crippen LogP contribution in [0.5, 0.6) is 0 Å². The van der Waals surface area contributed by atoms with Crippen molar-refractivity contribution in [1.29, 1.82) is 0 Å². The fourth-order valence-corrected chi connectivity index (χ4v) is 1.87.